The molecule has 0 spiro atoms. The zero-order valence-corrected chi connectivity index (χ0v) is 17.7. The number of carbonyl (C=O) groups is 2. The SMILES string of the molecule is C=C(CCNC(=O)CO[C@H]1C[C@H](C(F)(F)F)C1)NC(=O)c1ccc2cc(C(F)(F)F)ccc2n1. The molecule has 184 valence electrons. The Morgan fingerprint density at radius 2 is 1.79 bits per heavy atom. The Bertz CT molecular complexity index is 1080. The molecule has 1 aromatic heterocycles. The zero-order valence-electron chi connectivity index (χ0n) is 17.7. The fraction of sp³-hybridized carbons (Fsp3) is 0.409. The van der Waals surface area contributed by atoms with E-state index >= 15 is 0 Å². The van der Waals surface area contributed by atoms with E-state index in [4.69, 9.17) is 4.74 Å². The maximum Gasteiger partial charge on any atom is 0.416 e. The summed E-state index contributed by atoms with van der Waals surface area (Å²) in [4.78, 5) is 28.1. The molecule has 0 bridgehead atoms. The molecule has 1 aliphatic carbocycles. The highest BCUT2D eigenvalue weighted by Crippen LogP contribution is 2.42. The van der Waals surface area contributed by atoms with Crippen molar-refractivity contribution in [1.82, 2.24) is 15.6 Å². The number of amides is 2. The van der Waals surface area contributed by atoms with Crippen LogP contribution in [0.4, 0.5) is 26.3 Å². The number of aromatic nitrogens is 1. The monoisotopic (exact) mass is 489 g/mol. The highest BCUT2D eigenvalue weighted by Gasteiger charge is 2.48. The molecule has 1 aromatic carbocycles. The average molecular weight is 489 g/mol. The summed E-state index contributed by atoms with van der Waals surface area (Å²) in [6.07, 6.45) is -9.48. The van der Waals surface area contributed by atoms with E-state index in [2.05, 4.69) is 22.2 Å². The molecule has 1 aliphatic rings. The van der Waals surface area contributed by atoms with Gasteiger partial charge in [-0.15, -0.1) is 0 Å². The molecule has 0 unspecified atom stereocenters. The Kier molecular flexibility index (Phi) is 7.49. The second-order valence-corrected chi connectivity index (χ2v) is 7.90. The van der Waals surface area contributed by atoms with Crippen LogP contribution in [0.25, 0.3) is 10.9 Å². The molecule has 6 nitrogen and oxygen atoms in total. The van der Waals surface area contributed by atoms with Gasteiger partial charge in [-0.25, -0.2) is 4.98 Å². The lowest BCUT2D eigenvalue weighted by Crippen LogP contribution is -2.42. The second-order valence-electron chi connectivity index (χ2n) is 7.90. The smallest absolute Gasteiger partial charge is 0.368 e. The summed E-state index contributed by atoms with van der Waals surface area (Å²) in [5.74, 6) is -2.52. The summed E-state index contributed by atoms with van der Waals surface area (Å²) < 4.78 is 80.8. The predicted octanol–water partition coefficient (Wildman–Crippen LogP) is 4.36. The van der Waals surface area contributed by atoms with Gasteiger partial charge in [0.05, 0.1) is 23.1 Å². The second kappa shape index (κ2) is 10.00. The van der Waals surface area contributed by atoms with Crippen molar-refractivity contribution in [3.05, 3.63) is 53.9 Å². The zero-order chi connectivity index (χ0) is 25.1. The van der Waals surface area contributed by atoms with Gasteiger partial charge in [0, 0.05) is 24.0 Å². The number of nitrogens with one attached hydrogen (secondary N) is 2. The molecule has 3 rings (SSSR count). The van der Waals surface area contributed by atoms with Crippen molar-refractivity contribution in [1.29, 1.82) is 0 Å². The average Bonchev–Trinajstić information content (AvgIpc) is 2.70. The maximum atomic E-state index is 12.8. The van der Waals surface area contributed by atoms with Crippen LogP contribution < -0.4 is 10.6 Å². The van der Waals surface area contributed by atoms with Crippen LogP contribution in [-0.4, -0.2) is 42.2 Å². The Labute approximate surface area is 190 Å². The highest BCUT2D eigenvalue weighted by molar-refractivity contribution is 5.95. The molecule has 1 fully saturated rings. The van der Waals surface area contributed by atoms with Crippen molar-refractivity contribution in [2.24, 2.45) is 5.92 Å². The minimum Gasteiger partial charge on any atom is -0.368 e. The predicted molar refractivity (Wildman–Crippen MR) is 109 cm³/mol. The molecule has 2 N–H and O–H groups in total. The van der Waals surface area contributed by atoms with E-state index in [1.807, 2.05) is 0 Å². The third-order valence-corrected chi connectivity index (χ3v) is 5.30. The first-order valence-electron chi connectivity index (χ1n) is 10.2. The Hall–Kier alpha value is -3.15. The number of alkyl halides is 6. The van der Waals surface area contributed by atoms with Crippen molar-refractivity contribution >= 4 is 22.7 Å². The minimum atomic E-state index is -4.49. The summed E-state index contributed by atoms with van der Waals surface area (Å²) in [7, 11) is 0. The van der Waals surface area contributed by atoms with Crippen LogP contribution >= 0.6 is 0 Å². The fourth-order valence-electron chi connectivity index (χ4n) is 3.28. The van der Waals surface area contributed by atoms with E-state index in [1.54, 1.807) is 0 Å². The fourth-order valence-corrected chi connectivity index (χ4v) is 3.28. The quantitative estimate of drug-likeness (QED) is 0.540. The van der Waals surface area contributed by atoms with Gasteiger partial charge in [0.1, 0.15) is 12.3 Å². The van der Waals surface area contributed by atoms with Gasteiger partial charge in [-0.3, -0.25) is 9.59 Å². The Morgan fingerprint density at radius 1 is 1.09 bits per heavy atom. The molecule has 0 atom stereocenters. The molecule has 2 amide bonds. The number of rotatable bonds is 8. The van der Waals surface area contributed by atoms with Crippen molar-refractivity contribution in [2.45, 2.75) is 37.7 Å². The maximum absolute atomic E-state index is 12.8. The number of ether oxygens (including phenoxy) is 1. The highest BCUT2D eigenvalue weighted by atomic mass is 19.4. The van der Waals surface area contributed by atoms with Gasteiger partial charge in [-0.2, -0.15) is 26.3 Å². The standard InChI is InChI=1S/C22H21F6N3O3/c1-12(6-7-29-19(32)11-34-16-9-15(10-16)22(26,27)28)30-20(33)18-4-2-13-8-14(21(23,24)25)3-5-17(13)31-18/h2-5,8,15-16H,1,6-7,9-11H2,(H,29,32)(H,30,33)/t15-,16-. The van der Waals surface area contributed by atoms with Crippen molar-refractivity contribution in [3.8, 4) is 0 Å². The largest absolute Gasteiger partial charge is 0.416 e. The van der Waals surface area contributed by atoms with Gasteiger partial charge >= 0.3 is 12.4 Å². The number of pyridine rings is 1. The van der Waals surface area contributed by atoms with Crippen LogP contribution in [0.1, 0.15) is 35.3 Å². The number of nitrogens with zero attached hydrogens (tertiary/aromatic N) is 1. The lowest BCUT2D eigenvalue weighted by molar-refractivity contribution is -0.219. The first-order chi connectivity index (χ1) is 15.8. The lowest BCUT2D eigenvalue weighted by Gasteiger charge is -2.35. The summed E-state index contributed by atoms with van der Waals surface area (Å²) in [5.41, 5.74) is -0.374. The molecule has 0 radical (unpaired) electrons. The molecule has 0 aliphatic heterocycles. The minimum absolute atomic E-state index is 0.0245. The number of carbonyl (C=O) groups excluding carboxylic acids is 2. The molecule has 1 heterocycles. The van der Waals surface area contributed by atoms with Crippen LogP contribution in [-0.2, 0) is 15.7 Å². The molecular formula is C22H21F6N3O3. The number of fused-ring (bicyclic) bond motifs is 1. The first kappa shape index (κ1) is 25.5. The first-order valence-corrected chi connectivity index (χ1v) is 10.2. The van der Waals surface area contributed by atoms with Crippen LogP contribution in [0.2, 0.25) is 0 Å². The molecule has 2 aromatic rings. The molecular weight excluding hydrogens is 468 g/mol. The van der Waals surface area contributed by atoms with Crippen LogP contribution in [0.15, 0.2) is 42.6 Å². The van der Waals surface area contributed by atoms with Gasteiger partial charge < -0.3 is 15.4 Å². The molecule has 34 heavy (non-hydrogen) atoms. The van der Waals surface area contributed by atoms with Crippen LogP contribution in [0, 0.1) is 5.92 Å². The lowest BCUT2D eigenvalue weighted by atomic mass is 9.82. The summed E-state index contributed by atoms with van der Waals surface area (Å²) in [5, 5.41) is 5.23. The normalized spacial score (nSPS) is 18.3. The van der Waals surface area contributed by atoms with Crippen LogP contribution in [0.5, 0.6) is 0 Å². The Balaban J connectivity index is 1.39. The van der Waals surface area contributed by atoms with E-state index in [0.717, 1.165) is 12.1 Å². The third-order valence-electron chi connectivity index (χ3n) is 5.30. The van der Waals surface area contributed by atoms with Gasteiger partial charge in [0.2, 0.25) is 5.91 Å². The molecule has 12 heteroatoms. The number of hydrogen-bond donors (Lipinski definition) is 2. The Morgan fingerprint density at radius 3 is 2.44 bits per heavy atom. The van der Waals surface area contributed by atoms with Crippen molar-refractivity contribution in [3.63, 3.8) is 0 Å². The molecule has 0 saturated heterocycles. The summed E-state index contributed by atoms with van der Waals surface area (Å²) in [6.45, 7) is 3.40. The van der Waals surface area contributed by atoms with E-state index in [9.17, 15) is 35.9 Å². The topological polar surface area (TPSA) is 80.3 Å². The number of hydrogen-bond acceptors (Lipinski definition) is 4. The third kappa shape index (κ3) is 6.69. The van der Waals surface area contributed by atoms with E-state index in [-0.39, 0.29) is 54.7 Å². The number of halogens is 6. The van der Waals surface area contributed by atoms with Gasteiger partial charge in [0.25, 0.3) is 5.91 Å². The van der Waals surface area contributed by atoms with Gasteiger partial charge in [-0.05, 0) is 37.1 Å². The summed E-state index contributed by atoms with van der Waals surface area (Å²) >= 11 is 0. The number of benzene rings is 1. The summed E-state index contributed by atoms with van der Waals surface area (Å²) in [6, 6.07) is 5.63. The van der Waals surface area contributed by atoms with E-state index < -0.39 is 41.8 Å². The van der Waals surface area contributed by atoms with E-state index in [0.29, 0.717) is 0 Å². The van der Waals surface area contributed by atoms with Crippen LogP contribution in [0.3, 0.4) is 0 Å². The van der Waals surface area contributed by atoms with Crippen molar-refractivity contribution in [2.75, 3.05) is 13.2 Å². The van der Waals surface area contributed by atoms with Gasteiger partial charge in [-0.1, -0.05) is 12.6 Å². The van der Waals surface area contributed by atoms with Gasteiger partial charge in [0.15, 0.2) is 0 Å². The van der Waals surface area contributed by atoms with Crippen molar-refractivity contribution < 1.29 is 40.7 Å². The van der Waals surface area contributed by atoms with E-state index in [1.165, 1.54) is 18.2 Å². The molecule has 1 saturated carbocycles.